The van der Waals surface area contributed by atoms with Crippen molar-refractivity contribution in [3.05, 3.63) is 48.5 Å². The second-order valence-corrected chi connectivity index (χ2v) is 4.73. The predicted molar refractivity (Wildman–Crippen MR) is 81.5 cm³/mol. The van der Waals surface area contributed by atoms with E-state index in [9.17, 15) is 4.39 Å². The largest absolute Gasteiger partial charge is 0.354 e. The molecule has 4 nitrogen and oxygen atoms in total. The molecule has 1 N–H and O–H groups in total. The summed E-state index contributed by atoms with van der Waals surface area (Å²) >= 11 is 0. The van der Waals surface area contributed by atoms with Crippen molar-refractivity contribution >= 4 is 16.9 Å². The Morgan fingerprint density at radius 2 is 2.10 bits per heavy atom. The number of nitrogens with zero attached hydrogens (tertiary/aromatic N) is 3. The molecule has 0 atom stereocenters. The molecule has 0 fully saturated rings. The molecule has 21 heavy (non-hydrogen) atoms. The van der Waals surface area contributed by atoms with Crippen molar-refractivity contribution in [2.24, 2.45) is 0 Å². The number of pyridine rings is 1. The highest BCUT2D eigenvalue weighted by Crippen LogP contribution is 2.24. The molecule has 0 amide bonds. The van der Waals surface area contributed by atoms with Gasteiger partial charge in [-0.3, -0.25) is 4.98 Å². The molecule has 2 aromatic heterocycles. The molecule has 0 aliphatic carbocycles. The molecule has 0 radical (unpaired) electrons. The third kappa shape index (κ3) is 2.81. The van der Waals surface area contributed by atoms with Gasteiger partial charge in [-0.05, 0) is 24.6 Å². The lowest BCUT2D eigenvalue weighted by Crippen LogP contribution is -2.05. The van der Waals surface area contributed by atoms with Gasteiger partial charge >= 0.3 is 0 Å². The van der Waals surface area contributed by atoms with Gasteiger partial charge in [0.1, 0.15) is 5.69 Å². The minimum Gasteiger partial charge on any atom is -0.354 e. The van der Waals surface area contributed by atoms with E-state index < -0.39 is 5.82 Å². The molecule has 0 saturated carbocycles. The van der Waals surface area contributed by atoms with E-state index in [-0.39, 0.29) is 0 Å². The molecule has 0 aliphatic heterocycles. The van der Waals surface area contributed by atoms with Gasteiger partial charge in [0.2, 0.25) is 5.95 Å². The van der Waals surface area contributed by atoms with Crippen LogP contribution in [0.15, 0.2) is 42.7 Å². The fraction of sp³-hybridized carbons (Fsp3) is 0.188. The SMILES string of the molecule is CCCNc1ncc(F)c(-c2ccc3ncccc3c2)n1. The van der Waals surface area contributed by atoms with E-state index in [1.165, 1.54) is 6.20 Å². The smallest absolute Gasteiger partial charge is 0.223 e. The molecule has 3 aromatic rings. The number of rotatable bonds is 4. The van der Waals surface area contributed by atoms with Crippen molar-refractivity contribution in [1.82, 2.24) is 15.0 Å². The molecule has 0 bridgehead atoms. The van der Waals surface area contributed by atoms with Crippen LogP contribution < -0.4 is 5.32 Å². The summed E-state index contributed by atoms with van der Waals surface area (Å²) in [5, 5.41) is 4.02. The van der Waals surface area contributed by atoms with Crippen LogP contribution in [-0.2, 0) is 0 Å². The highest BCUT2D eigenvalue weighted by Gasteiger charge is 2.10. The topological polar surface area (TPSA) is 50.7 Å². The fourth-order valence-electron chi connectivity index (χ4n) is 2.11. The van der Waals surface area contributed by atoms with Gasteiger partial charge in [-0.25, -0.2) is 14.4 Å². The van der Waals surface area contributed by atoms with Crippen molar-refractivity contribution in [2.75, 3.05) is 11.9 Å². The van der Waals surface area contributed by atoms with Crippen LogP contribution in [0, 0.1) is 5.82 Å². The number of hydrogen-bond acceptors (Lipinski definition) is 4. The summed E-state index contributed by atoms with van der Waals surface area (Å²) in [7, 11) is 0. The molecule has 0 aliphatic rings. The number of nitrogens with one attached hydrogen (secondary N) is 1. The predicted octanol–water partition coefficient (Wildman–Crippen LogP) is 3.65. The number of hydrogen-bond donors (Lipinski definition) is 1. The van der Waals surface area contributed by atoms with Gasteiger partial charge in [0, 0.05) is 23.7 Å². The highest BCUT2D eigenvalue weighted by atomic mass is 19.1. The molecule has 5 heteroatoms. The van der Waals surface area contributed by atoms with E-state index in [0.29, 0.717) is 11.6 Å². The lowest BCUT2D eigenvalue weighted by atomic mass is 10.1. The highest BCUT2D eigenvalue weighted by molar-refractivity contribution is 5.83. The summed E-state index contributed by atoms with van der Waals surface area (Å²) in [5.74, 6) is 0.0137. The van der Waals surface area contributed by atoms with Gasteiger partial charge in [-0.1, -0.05) is 19.1 Å². The maximum absolute atomic E-state index is 14.0. The Kier molecular flexibility index (Phi) is 3.73. The van der Waals surface area contributed by atoms with Crippen molar-refractivity contribution in [3.63, 3.8) is 0 Å². The summed E-state index contributed by atoms with van der Waals surface area (Å²) < 4.78 is 14.0. The van der Waals surface area contributed by atoms with Crippen molar-refractivity contribution < 1.29 is 4.39 Å². The van der Waals surface area contributed by atoms with Crippen LogP contribution in [0.25, 0.3) is 22.2 Å². The summed E-state index contributed by atoms with van der Waals surface area (Å²) in [6.45, 7) is 2.81. The summed E-state index contributed by atoms with van der Waals surface area (Å²) in [5.41, 5.74) is 1.89. The molecule has 2 heterocycles. The van der Waals surface area contributed by atoms with Crippen molar-refractivity contribution in [2.45, 2.75) is 13.3 Å². The van der Waals surface area contributed by atoms with Gasteiger partial charge in [0.15, 0.2) is 5.82 Å². The third-order valence-corrected chi connectivity index (χ3v) is 3.15. The van der Waals surface area contributed by atoms with Crippen LogP contribution in [0.4, 0.5) is 10.3 Å². The van der Waals surface area contributed by atoms with E-state index >= 15 is 0 Å². The number of aromatic nitrogens is 3. The molecule has 0 saturated heterocycles. The van der Waals surface area contributed by atoms with Gasteiger partial charge in [0.25, 0.3) is 0 Å². The van der Waals surface area contributed by atoms with Crippen molar-refractivity contribution in [1.29, 1.82) is 0 Å². The number of halogens is 1. The maximum atomic E-state index is 14.0. The molecular formula is C16H15FN4. The Morgan fingerprint density at radius 3 is 2.95 bits per heavy atom. The first-order valence-corrected chi connectivity index (χ1v) is 6.89. The zero-order valence-electron chi connectivity index (χ0n) is 11.7. The third-order valence-electron chi connectivity index (χ3n) is 3.15. The second-order valence-electron chi connectivity index (χ2n) is 4.73. The first kappa shape index (κ1) is 13.4. The first-order valence-electron chi connectivity index (χ1n) is 6.89. The van der Waals surface area contributed by atoms with Crippen LogP contribution in [0.5, 0.6) is 0 Å². The maximum Gasteiger partial charge on any atom is 0.223 e. The summed E-state index contributed by atoms with van der Waals surface area (Å²) in [4.78, 5) is 12.5. The van der Waals surface area contributed by atoms with E-state index in [1.54, 1.807) is 6.20 Å². The molecule has 3 rings (SSSR count). The molecular weight excluding hydrogens is 267 g/mol. The minimum absolute atomic E-state index is 0.300. The van der Waals surface area contributed by atoms with Crippen LogP contribution in [0.3, 0.4) is 0 Å². The molecule has 0 unspecified atom stereocenters. The minimum atomic E-state index is -0.430. The summed E-state index contributed by atoms with van der Waals surface area (Å²) in [6, 6.07) is 9.38. The standard InChI is InChI=1S/C16H15FN4/c1-2-7-19-16-20-10-13(17)15(21-16)12-5-6-14-11(9-12)4-3-8-18-14/h3-6,8-10H,2,7H2,1H3,(H,19,20,21). The van der Waals surface area contributed by atoms with E-state index in [1.807, 2.05) is 37.3 Å². The molecule has 106 valence electrons. The average molecular weight is 282 g/mol. The Morgan fingerprint density at radius 1 is 1.19 bits per heavy atom. The number of benzene rings is 1. The Hall–Kier alpha value is -2.56. The number of fused-ring (bicyclic) bond motifs is 1. The van der Waals surface area contributed by atoms with Crippen molar-refractivity contribution in [3.8, 4) is 11.3 Å². The fourth-order valence-corrected chi connectivity index (χ4v) is 2.11. The van der Waals surface area contributed by atoms with Gasteiger partial charge in [0.05, 0.1) is 11.7 Å². The zero-order valence-corrected chi connectivity index (χ0v) is 11.7. The van der Waals surface area contributed by atoms with Gasteiger partial charge in [-0.15, -0.1) is 0 Å². The van der Waals surface area contributed by atoms with E-state index in [0.717, 1.165) is 29.4 Å². The Balaban J connectivity index is 2.04. The van der Waals surface area contributed by atoms with Crippen LogP contribution in [0.1, 0.15) is 13.3 Å². The lowest BCUT2D eigenvalue weighted by molar-refractivity contribution is 0.618. The molecule has 0 spiro atoms. The lowest BCUT2D eigenvalue weighted by Gasteiger charge is -2.07. The first-order chi connectivity index (χ1) is 10.3. The quantitative estimate of drug-likeness (QED) is 0.793. The zero-order chi connectivity index (χ0) is 14.7. The monoisotopic (exact) mass is 282 g/mol. The van der Waals surface area contributed by atoms with Crippen LogP contribution in [-0.4, -0.2) is 21.5 Å². The number of anilines is 1. The van der Waals surface area contributed by atoms with Crippen LogP contribution in [0.2, 0.25) is 0 Å². The normalized spacial score (nSPS) is 10.8. The van der Waals surface area contributed by atoms with Crippen LogP contribution >= 0.6 is 0 Å². The Labute approximate surface area is 122 Å². The Bertz CT molecular complexity index is 773. The summed E-state index contributed by atoms with van der Waals surface area (Å²) in [6.07, 6.45) is 3.89. The second kappa shape index (κ2) is 5.83. The average Bonchev–Trinajstić information content (AvgIpc) is 2.53. The van der Waals surface area contributed by atoms with Gasteiger partial charge in [-0.2, -0.15) is 0 Å². The van der Waals surface area contributed by atoms with E-state index in [2.05, 4.69) is 20.3 Å². The molecule has 1 aromatic carbocycles. The van der Waals surface area contributed by atoms with E-state index in [4.69, 9.17) is 0 Å². The van der Waals surface area contributed by atoms with Gasteiger partial charge < -0.3 is 5.32 Å².